The summed E-state index contributed by atoms with van der Waals surface area (Å²) in [7, 11) is -3.14. The molecular formula is C17H11Cl2F2NO4S. The molecule has 142 valence electrons. The van der Waals surface area contributed by atoms with Gasteiger partial charge in [-0.15, -0.1) is 0 Å². The van der Waals surface area contributed by atoms with Crippen molar-refractivity contribution in [3.05, 3.63) is 56.9 Å². The molecule has 0 radical (unpaired) electrons. The second-order valence-corrected chi connectivity index (χ2v) is 7.69. The third kappa shape index (κ3) is 4.69. The van der Waals surface area contributed by atoms with Crippen LogP contribution in [0.15, 0.2) is 46.2 Å². The average molecular weight is 434 g/mol. The van der Waals surface area contributed by atoms with Crippen molar-refractivity contribution in [1.29, 1.82) is 5.26 Å². The van der Waals surface area contributed by atoms with Gasteiger partial charge in [0, 0.05) is 10.6 Å². The van der Waals surface area contributed by atoms with Crippen molar-refractivity contribution in [2.24, 2.45) is 0 Å². The van der Waals surface area contributed by atoms with E-state index in [2.05, 4.69) is 4.74 Å². The highest BCUT2D eigenvalue weighted by molar-refractivity contribution is 7.95. The molecule has 0 aromatic heterocycles. The molecule has 5 nitrogen and oxygen atoms in total. The monoisotopic (exact) mass is 433 g/mol. The second kappa shape index (κ2) is 8.57. The molecule has 0 aliphatic rings. The zero-order valence-electron chi connectivity index (χ0n) is 13.6. The summed E-state index contributed by atoms with van der Waals surface area (Å²) < 4.78 is 60.4. The first kappa shape index (κ1) is 21.0. The zero-order chi connectivity index (χ0) is 20.2. The Kier molecular flexibility index (Phi) is 6.65. The molecule has 0 aliphatic carbocycles. The fourth-order valence-corrected chi connectivity index (χ4v) is 4.04. The van der Waals surface area contributed by atoms with Crippen LogP contribution in [0.5, 0.6) is 11.5 Å². The van der Waals surface area contributed by atoms with Crippen molar-refractivity contribution >= 4 is 39.1 Å². The van der Waals surface area contributed by atoms with Crippen LogP contribution in [0.3, 0.4) is 0 Å². The second-order valence-electron chi connectivity index (χ2n) is 4.96. The minimum atomic E-state index is -4.37. The van der Waals surface area contributed by atoms with Gasteiger partial charge in [0.15, 0.2) is 11.5 Å². The number of nitriles is 1. The van der Waals surface area contributed by atoms with Crippen LogP contribution in [0, 0.1) is 11.3 Å². The van der Waals surface area contributed by atoms with Crippen LogP contribution in [-0.4, -0.2) is 22.1 Å². The number of benzene rings is 2. The minimum Gasteiger partial charge on any atom is -0.493 e. The first-order chi connectivity index (χ1) is 12.7. The maximum Gasteiger partial charge on any atom is 0.387 e. The number of halogens is 4. The average Bonchev–Trinajstić information content (AvgIpc) is 2.61. The lowest BCUT2D eigenvalue weighted by molar-refractivity contribution is -0.0513. The SMILES string of the molecule is COc1cccc(/C=C(\C#N)S(=O)(=O)c2cc(Cl)ccc2Cl)c1OC(F)F. The number of para-hydroxylation sites is 1. The number of nitrogens with zero attached hydrogens (tertiary/aromatic N) is 1. The van der Waals surface area contributed by atoms with E-state index in [9.17, 15) is 22.5 Å². The Labute approximate surface area is 164 Å². The molecular weight excluding hydrogens is 423 g/mol. The van der Waals surface area contributed by atoms with Gasteiger partial charge in [0.05, 0.1) is 17.0 Å². The Morgan fingerprint density at radius 3 is 2.56 bits per heavy atom. The van der Waals surface area contributed by atoms with Crippen LogP contribution in [0.25, 0.3) is 6.08 Å². The number of methoxy groups -OCH3 is 1. The molecule has 0 amide bonds. The molecule has 10 heteroatoms. The Morgan fingerprint density at radius 2 is 1.96 bits per heavy atom. The summed E-state index contributed by atoms with van der Waals surface area (Å²) in [6, 6.07) is 9.36. The normalized spacial score (nSPS) is 12.0. The molecule has 0 saturated carbocycles. The predicted molar refractivity (Wildman–Crippen MR) is 96.9 cm³/mol. The molecule has 2 aromatic rings. The van der Waals surface area contributed by atoms with Crippen molar-refractivity contribution < 1.29 is 26.7 Å². The van der Waals surface area contributed by atoms with Gasteiger partial charge in [-0.25, -0.2) is 8.42 Å². The van der Waals surface area contributed by atoms with Gasteiger partial charge >= 0.3 is 6.61 Å². The summed E-state index contributed by atoms with van der Waals surface area (Å²) in [6.07, 6.45) is 0.896. The van der Waals surface area contributed by atoms with Crippen molar-refractivity contribution in [2.75, 3.05) is 7.11 Å². The van der Waals surface area contributed by atoms with Crippen LogP contribution in [0.2, 0.25) is 10.0 Å². The summed E-state index contributed by atoms with van der Waals surface area (Å²) >= 11 is 11.7. The Morgan fingerprint density at radius 1 is 1.26 bits per heavy atom. The van der Waals surface area contributed by atoms with E-state index in [1.807, 2.05) is 0 Å². The lowest BCUT2D eigenvalue weighted by Gasteiger charge is -2.13. The van der Waals surface area contributed by atoms with Crippen LogP contribution in [-0.2, 0) is 9.84 Å². The maximum absolute atomic E-state index is 12.8. The highest BCUT2D eigenvalue weighted by atomic mass is 35.5. The zero-order valence-corrected chi connectivity index (χ0v) is 15.9. The molecule has 0 fully saturated rings. The van der Waals surface area contributed by atoms with E-state index in [1.165, 1.54) is 37.4 Å². The number of sulfone groups is 1. The summed E-state index contributed by atoms with van der Waals surface area (Å²) in [5.74, 6) is -0.463. The Bertz CT molecular complexity index is 1030. The van der Waals surface area contributed by atoms with Gasteiger partial charge in [0.25, 0.3) is 0 Å². The van der Waals surface area contributed by atoms with E-state index >= 15 is 0 Å². The molecule has 0 spiro atoms. The molecule has 0 unspecified atom stereocenters. The first-order valence-corrected chi connectivity index (χ1v) is 9.38. The molecule has 0 saturated heterocycles. The van der Waals surface area contributed by atoms with E-state index in [1.54, 1.807) is 6.07 Å². The summed E-state index contributed by atoms with van der Waals surface area (Å²) in [5, 5.41) is 9.30. The number of hydrogen-bond acceptors (Lipinski definition) is 5. The molecule has 27 heavy (non-hydrogen) atoms. The van der Waals surface area contributed by atoms with E-state index in [4.69, 9.17) is 27.9 Å². The van der Waals surface area contributed by atoms with Gasteiger partial charge in [0.2, 0.25) is 9.84 Å². The lowest BCUT2D eigenvalue weighted by atomic mass is 10.1. The predicted octanol–water partition coefficient (Wildman–Crippen LogP) is 4.94. The molecule has 0 aliphatic heterocycles. The Hall–Kier alpha value is -2.34. The standard InChI is InChI=1S/C17H11Cl2F2NO4S/c1-25-14-4-2-3-10(16(14)26-17(20)21)7-12(9-22)27(23,24)15-8-11(18)5-6-13(15)19/h2-8,17H,1H3/b12-7+. The highest BCUT2D eigenvalue weighted by Gasteiger charge is 2.25. The van der Waals surface area contributed by atoms with Crippen molar-refractivity contribution in [2.45, 2.75) is 11.5 Å². The molecule has 2 rings (SSSR count). The lowest BCUT2D eigenvalue weighted by Crippen LogP contribution is -2.07. The number of allylic oxidation sites excluding steroid dienone is 1. The topological polar surface area (TPSA) is 76.4 Å². The summed E-state index contributed by atoms with van der Waals surface area (Å²) in [6.45, 7) is -3.18. The summed E-state index contributed by atoms with van der Waals surface area (Å²) in [4.78, 5) is -1.12. The molecule has 0 bridgehead atoms. The fourth-order valence-electron chi connectivity index (χ4n) is 2.14. The number of ether oxygens (including phenoxy) is 2. The van der Waals surface area contributed by atoms with Gasteiger partial charge in [0.1, 0.15) is 11.0 Å². The van der Waals surface area contributed by atoms with Crippen LogP contribution in [0.4, 0.5) is 8.78 Å². The van der Waals surface area contributed by atoms with Crippen molar-refractivity contribution in [1.82, 2.24) is 0 Å². The largest absolute Gasteiger partial charge is 0.493 e. The molecule has 0 N–H and O–H groups in total. The quantitative estimate of drug-likeness (QED) is 0.602. The van der Waals surface area contributed by atoms with E-state index < -0.39 is 27.1 Å². The van der Waals surface area contributed by atoms with Gasteiger partial charge in [-0.1, -0.05) is 35.3 Å². The number of rotatable bonds is 6. The third-order valence-electron chi connectivity index (χ3n) is 3.31. The van der Waals surface area contributed by atoms with E-state index in [0.717, 1.165) is 12.1 Å². The van der Waals surface area contributed by atoms with Crippen LogP contribution < -0.4 is 9.47 Å². The van der Waals surface area contributed by atoms with Crippen molar-refractivity contribution in [3.63, 3.8) is 0 Å². The fraction of sp³-hybridized carbons (Fsp3) is 0.118. The minimum absolute atomic E-state index is 0.0560. The Balaban J connectivity index is 2.66. The third-order valence-corrected chi connectivity index (χ3v) is 5.69. The van der Waals surface area contributed by atoms with Crippen LogP contribution in [0.1, 0.15) is 5.56 Å². The van der Waals surface area contributed by atoms with Gasteiger partial charge in [-0.3, -0.25) is 0 Å². The van der Waals surface area contributed by atoms with E-state index in [0.29, 0.717) is 0 Å². The smallest absolute Gasteiger partial charge is 0.387 e. The van der Waals surface area contributed by atoms with E-state index in [-0.39, 0.29) is 26.3 Å². The highest BCUT2D eigenvalue weighted by Crippen LogP contribution is 2.36. The molecule has 0 heterocycles. The first-order valence-electron chi connectivity index (χ1n) is 7.14. The molecule has 2 aromatic carbocycles. The van der Waals surface area contributed by atoms with Crippen molar-refractivity contribution in [3.8, 4) is 17.6 Å². The number of hydrogen-bond donors (Lipinski definition) is 0. The summed E-state index contributed by atoms with van der Waals surface area (Å²) in [5.41, 5.74) is -0.0899. The van der Waals surface area contributed by atoms with Gasteiger partial charge < -0.3 is 9.47 Å². The van der Waals surface area contributed by atoms with Gasteiger partial charge in [-0.05, 0) is 30.3 Å². The number of alkyl halides is 2. The van der Waals surface area contributed by atoms with Gasteiger partial charge in [-0.2, -0.15) is 14.0 Å². The maximum atomic E-state index is 12.8. The van der Waals surface area contributed by atoms with Crippen LogP contribution >= 0.6 is 23.2 Å². The molecule has 0 atom stereocenters.